The molecule has 1 aliphatic rings. The lowest BCUT2D eigenvalue weighted by molar-refractivity contribution is 0.509. The Kier molecular flexibility index (Phi) is 3.14. The second kappa shape index (κ2) is 4.31. The summed E-state index contributed by atoms with van der Waals surface area (Å²) in [5.74, 6) is 0.416. The lowest BCUT2D eigenvalue weighted by Gasteiger charge is -2.35. The Morgan fingerprint density at radius 1 is 1.29 bits per heavy atom. The number of para-hydroxylation sites is 1. The van der Waals surface area contributed by atoms with Crippen molar-refractivity contribution >= 4 is 15.9 Å². The summed E-state index contributed by atoms with van der Waals surface area (Å²) in [6.45, 7) is 2.69. The molecule has 1 heterocycles. The molecule has 0 fully saturated rings. The molecule has 5 heteroatoms. The molecule has 1 unspecified atom stereocenters. The van der Waals surface area contributed by atoms with E-state index in [-0.39, 0.29) is 0 Å². The van der Waals surface area contributed by atoms with Gasteiger partial charge in [-0.1, -0.05) is 25.1 Å². The summed E-state index contributed by atoms with van der Waals surface area (Å²) in [7, 11) is -0.239. The van der Waals surface area contributed by atoms with Crippen molar-refractivity contribution < 1.29 is 8.42 Å². The number of anilines is 1. The predicted molar refractivity (Wildman–Crippen MR) is 69.4 cm³/mol. The molecule has 0 N–H and O–H groups in total. The second-order valence-electron chi connectivity index (χ2n) is 4.61. The fraction of sp³-hybridized carbons (Fsp3) is 0.500. The monoisotopic (exact) mass is 254 g/mol. The molecule has 2 rings (SSSR count). The van der Waals surface area contributed by atoms with Crippen LogP contribution in [-0.2, 0) is 10.2 Å². The number of rotatable bonds is 2. The van der Waals surface area contributed by atoms with Gasteiger partial charge in [0.05, 0.1) is 5.69 Å². The maximum Gasteiger partial charge on any atom is 0.303 e. The van der Waals surface area contributed by atoms with Gasteiger partial charge in [-0.2, -0.15) is 12.7 Å². The molecule has 0 saturated heterocycles. The van der Waals surface area contributed by atoms with Gasteiger partial charge >= 0.3 is 10.2 Å². The summed E-state index contributed by atoms with van der Waals surface area (Å²) in [6, 6.07) is 7.74. The zero-order valence-corrected chi connectivity index (χ0v) is 11.2. The quantitative estimate of drug-likeness (QED) is 0.807. The zero-order chi connectivity index (χ0) is 12.6. The Labute approximate surface area is 103 Å². The van der Waals surface area contributed by atoms with Crippen LogP contribution in [0.2, 0.25) is 0 Å². The van der Waals surface area contributed by atoms with Gasteiger partial charge in [0.2, 0.25) is 0 Å². The first-order chi connectivity index (χ1) is 7.94. The first-order valence-corrected chi connectivity index (χ1v) is 7.13. The van der Waals surface area contributed by atoms with Gasteiger partial charge in [0, 0.05) is 20.6 Å². The number of hydrogen-bond donors (Lipinski definition) is 0. The van der Waals surface area contributed by atoms with Crippen LogP contribution in [0.1, 0.15) is 24.8 Å². The summed E-state index contributed by atoms with van der Waals surface area (Å²) >= 11 is 0. The normalized spacial score (nSPS) is 20.5. The molecule has 17 heavy (non-hydrogen) atoms. The largest absolute Gasteiger partial charge is 0.303 e. The van der Waals surface area contributed by atoms with Crippen LogP contribution in [0.15, 0.2) is 24.3 Å². The molecule has 94 valence electrons. The smallest absolute Gasteiger partial charge is 0.257 e. The lowest BCUT2D eigenvalue weighted by atomic mass is 9.93. The summed E-state index contributed by atoms with van der Waals surface area (Å²) < 4.78 is 27.2. The minimum Gasteiger partial charge on any atom is -0.257 e. The van der Waals surface area contributed by atoms with Crippen LogP contribution in [0.5, 0.6) is 0 Å². The average molecular weight is 254 g/mol. The van der Waals surface area contributed by atoms with E-state index in [1.807, 2.05) is 24.3 Å². The SMILES string of the molecule is CC1CCN(S(=O)(=O)N(C)C)c2ccccc21. The summed E-state index contributed by atoms with van der Waals surface area (Å²) in [5.41, 5.74) is 1.93. The zero-order valence-electron chi connectivity index (χ0n) is 10.4. The fourth-order valence-electron chi connectivity index (χ4n) is 2.15. The maximum atomic E-state index is 12.2. The van der Waals surface area contributed by atoms with Gasteiger partial charge in [-0.05, 0) is 24.0 Å². The Morgan fingerprint density at radius 3 is 2.59 bits per heavy atom. The molecule has 0 aliphatic carbocycles. The number of fused-ring (bicyclic) bond motifs is 1. The molecule has 0 saturated carbocycles. The number of nitrogens with zero attached hydrogens (tertiary/aromatic N) is 2. The van der Waals surface area contributed by atoms with Crippen LogP contribution in [0, 0.1) is 0 Å². The highest BCUT2D eigenvalue weighted by atomic mass is 32.2. The lowest BCUT2D eigenvalue weighted by Crippen LogP contribution is -2.43. The highest BCUT2D eigenvalue weighted by Crippen LogP contribution is 2.36. The van der Waals surface area contributed by atoms with Crippen molar-refractivity contribution in [3.8, 4) is 0 Å². The first kappa shape index (κ1) is 12.4. The minimum atomic E-state index is -3.37. The molecule has 1 atom stereocenters. The Hall–Kier alpha value is -1.07. The van der Waals surface area contributed by atoms with Crippen molar-refractivity contribution in [3.63, 3.8) is 0 Å². The molecule has 0 radical (unpaired) electrons. The molecule has 0 spiro atoms. The van der Waals surface area contributed by atoms with E-state index in [0.717, 1.165) is 17.7 Å². The van der Waals surface area contributed by atoms with Gasteiger partial charge < -0.3 is 0 Å². The van der Waals surface area contributed by atoms with E-state index in [4.69, 9.17) is 0 Å². The van der Waals surface area contributed by atoms with Crippen LogP contribution in [0.3, 0.4) is 0 Å². The van der Waals surface area contributed by atoms with Gasteiger partial charge in [0.1, 0.15) is 0 Å². The van der Waals surface area contributed by atoms with Crippen LogP contribution in [0.4, 0.5) is 5.69 Å². The fourth-order valence-corrected chi connectivity index (χ4v) is 3.30. The Balaban J connectivity index is 2.51. The highest BCUT2D eigenvalue weighted by Gasteiger charge is 2.31. The predicted octanol–water partition coefficient (Wildman–Crippen LogP) is 1.81. The third kappa shape index (κ3) is 2.05. The number of benzene rings is 1. The van der Waals surface area contributed by atoms with Gasteiger partial charge in [0.25, 0.3) is 0 Å². The molecule has 0 aromatic heterocycles. The first-order valence-electron chi connectivity index (χ1n) is 5.73. The van der Waals surface area contributed by atoms with Gasteiger partial charge in [-0.25, -0.2) is 0 Å². The van der Waals surface area contributed by atoms with Crippen LogP contribution in [-0.4, -0.2) is 33.4 Å². The summed E-state index contributed by atoms with van der Waals surface area (Å²) in [6.07, 6.45) is 0.865. The van der Waals surface area contributed by atoms with E-state index < -0.39 is 10.2 Å². The molecule has 0 amide bonds. The molecule has 1 aromatic carbocycles. The second-order valence-corrected chi connectivity index (χ2v) is 6.68. The molecular weight excluding hydrogens is 236 g/mol. The third-order valence-corrected chi connectivity index (χ3v) is 5.10. The van der Waals surface area contributed by atoms with Crippen molar-refractivity contribution in [2.24, 2.45) is 0 Å². The van der Waals surface area contributed by atoms with Gasteiger partial charge in [-0.15, -0.1) is 0 Å². The molecule has 1 aliphatic heterocycles. The van der Waals surface area contributed by atoms with E-state index in [1.165, 1.54) is 8.61 Å². The highest BCUT2D eigenvalue weighted by molar-refractivity contribution is 7.90. The topological polar surface area (TPSA) is 40.6 Å². The standard InChI is InChI=1S/C12H18N2O2S/c1-10-8-9-14(17(15,16)13(2)3)12-7-5-4-6-11(10)12/h4-7,10H,8-9H2,1-3H3. The van der Waals surface area contributed by atoms with E-state index in [2.05, 4.69) is 6.92 Å². The van der Waals surface area contributed by atoms with Crippen molar-refractivity contribution in [1.29, 1.82) is 0 Å². The number of hydrogen-bond acceptors (Lipinski definition) is 2. The average Bonchev–Trinajstić information content (AvgIpc) is 2.29. The minimum absolute atomic E-state index is 0.416. The van der Waals surface area contributed by atoms with E-state index >= 15 is 0 Å². The third-order valence-electron chi connectivity index (χ3n) is 3.24. The van der Waals surface area contributed by atoms with E-state index in [1.54, 1.807) is 14.1 Å². The summed E-state index contributed by atoms with van der Waals surface area (Å²) in [5, 5.41) is 0. The summed E-state index contributed by atoms with van der Waals surface area (Å²) in [4.78, 5) is 0. The van der Waals surface area contributed by atoms with Crippen LogP contribution >= 0.6 is 0 Å². The Morgan fingerprint density at radius 2 is 1.94 bits per heavy atom. The molecular formula is C12H18N2O2S. The molecule has 4 nitrogen and oxygen atoms in total. The Bertz CT molecular complexity index is 511. The van der Waals surface area contributed by atoms with Gasteiger partial charge in [-0.3, -0.25) is 4.31 Å². The van der Waals surface area contributed by atoms with Crippen molar-refractivity contribution in [2.75, 3.05) is 24.9 Å². The van der Waals surface area contributed by atoms with Crippen molar-refractivity contribution in [3.05, 3.63) is 29.8 Å². The van der Waals surface area contributed by atoms with Crippen molar-refractivity contribution in [2.45, 2.75) is 19.3 Å². The van der Waals surface area contributed by atoms with E-state index in [0.29, 0.717) is 12.5 Å². The molecule has 1 aromatic rings. The van der Waals surface area contributed by atoms with Crippen LogP contribution < -0.4 is 4.31 Å². The molecule has 0 bridgehead atoms. The van der Waals surface area contributed by atoms with Gasteiger partial charge in [0.15, 0.2) is 0 Å². The maximum absolute atomic E-state index is 12.2. The van der Waals surface area contributed by atoms with Crippen LogP contribution in [0.25, 0.3) is 0 Å². The van der Waals surface area contributed by atoms with E-state index in [9.17, 15) is 8.42 Å². The van der Waals surface area contributed by atoms with Crippen molar-refractivity contribution in [1.82, 2.24) is 4.31 Å².